The van der Waals surface area contributed by atoms with E-state index in [1.807, 2.05) is 17.8 Å². The van der Waals surface area contributed by atoms with Gasteiger partial charge in [0.25, 0.3) is 0 Å². The lowest BCUT2D eigenvalue weighted by Crippen LogP contribution is -2.36. The molecule has 1 unspecified atom stereocenters. The molecule has 1 aromatic carbocycles. The van der Waals surface area contributed by atoms with E-state index in [1.165, 1.54) is 0 Å². The predicted molar refractivity (Wildman–Crippen MR) is 86.9 cm³/mol. The highest BCUT2D eigenvalue weighted by atomic mass is 32.2. The molecule has 0 aromatic heterocycles. The van der Waals surface area contributed by atoms with Crippen LogP contribution in [0, 0.1) is 0 Å². The van der Waals surface area contributed by atoms with Gasteiger partial charge in [-0.05, 0) is 37.3 Å². The van der Waals surface area contributed by atoms with Crippen LogP contribution in [0.1, 0.15) is 13.3 Å². The summed E-state index contributed by atoms with van der Waals surface area (Å²) in [4.78, 5) is 2.31. The molecule has 0 amide bonds. The molecule has 0 saturated heterocycles. The third kappa shape index (κ3) is 5.75. The van der Waals surface area contributed by atoms with Gasteiger partial charge in [-0.15, -0.1) is 0 Å². The predicted octanol–water partition coefficient (Wildman–Crippen LogP) is 0.819. The molecule has 112 valence electrons. The van der Waals surface area contributed by atoms with Crippen LogP contribution in [0.25, 0.3) is 0 Å². The van der Waals surface area contributed by atoms with Gasteiger partial charge in [-0.1, -0.05) is 19.1 Å². The normalized spacial score (nSPS) is 12.5. The van der Waals surface area contributed by atoms with Gasteiger partial charge < -0.3 is 14.8 Å². The van der Waals surface area contributed by atoms with Crippen LogP contribution >= 0.6 is 11.8 Å². The van der Waals surface area contributed by atoms with E-state index in [9.17, 15) is 0 Å². The fraction of sp³-hybridized carbons (Fsp3) is 0.571. The number of ether oxygens (including phenoxy) is 1. The summed E-state index contributed by atoms with van der Waals surface area (Å²) in [5, 5.41) is 18.2. The molecule has 20 heavy (non-hydrogen) atoms. The molecule has 1 atom stereocenters. The van der Waals surface area contributed by atoms with E-state index in [-0.39, 0.29) is 0 Å². The monoisotopic (exact) mass is 297 g/mol. The average molecular weight is 297 g/mol. The molecule has 2 N–H and O–H groups in total. The van der Waals surface area contributed by atoms with Gasteiger partial charge in [-0.3, -0.25) is 4.90 Å². The van der Waals surface area contributed by atoms with E-state index in [2.05, 4.69) is 25.1 Å². The minimum absolute atomic E-state index is 0.449. The van der Waals surface area contributed by atoms with Gasteiger partial charge in [0.1, 0.15) is 12.4 Å². The van der Waals surface area contributed by atoms with Crippen molar-refractivity contribution in [1.29, 1.82) is 0 Å². The molecule has 0 aliphatic heterocycles. The van der Waals surface area contributed by atoms with Crippen molar-refractivity contribution in [2.75, 3.05) is 32.2 Å². The zero-order chi connectivity index (χ0) is 15.0. The highest BCUT2D eigenvalue weighted by molar-refractivity contribution is 7.98. The first-order valence-electron chi connectivity index (χ1n) is 6.86. The molecule has 1 aromatic rings. The molecule has 0 spiro atoms. The van der Waals surface area contributed by atoms with Gasteiger partial charge in [0.2, 0.25) is 0 Å². The van der Waals surface area contributed by atoms with Gasteiger partial charge in [-0.25, -0.2) is 0 Å². The summed E-state index contributed by atoms with van der Waals surface area (Å²) in [5.74, 6) is 1.79. The minimum atomic E-state index is -1.45. The van der Waals surface area contributed by atoms with Crippen LogP contribution in [0.4, 0.5) is 0 Å². The van der Waals surface area contributed by atoms with Crippen molar-refractivity contribution < 1.29 is 14.8 Å². The van der Waals surface area contributed by atoms with Gasteiger partial charge >= 0.3 is 7.12 Å². The second-order valence-electron chi connectivity index (χ2n) is 4.79. The second-order valence-corrected chi connectivity index (χ2v) is 5.70. The topological polar surface area (TPSA) is 52.9 Å². The van der Waals surface area contributed by atoms with Crippen LogP contribution in [0.5, 0.6) is 5.75 Å². The Balaban J connectivity index is 2.41. The standard InChI is InChI=1S/C14H24BNO3S/c1-4-13(11-20-3)16(2)8-9-19-14-7-5-6-12(10-14)15(17)18/h5-7,10,13,17-18H,4,8-9,11H2,1-3H3. The first-order valence-corrected chi connectivity index (χ1v) is 8.26. The van der Waals surface area contributed by atoms with E-state index >= 15 is 0 Å². The van der Waals surface area contributed by atoms with Crippen molar-refractivity contribution in [3.05, 3.63) is 24.3 Å². The average Bonchev–Trinajstić information content (AvgIpc) is 2.44. The van der Waals surface area contributed by atoms with Gasteiger partial charge in [-0.2, -0.15) is 11.8 Å². The van der Waals surface area contributed by atoms with E-state index < -0.39 is 7.12 Å². The molecule has 4 nitrogen and oxygen atoms in total. The highest BCUT2D eigenvalue weighted by Gasteiger charge is 2.13. The van der Waals surface area contributed by atoms with Crippen molar-refractivity contribution in [3.8, 4) is 5.75 Å². The first-order chi connectivity index (χ1) is 9.58. The van der Waals surface area contributed by atoms with Gasteiger partial charge in [0.05, 0.1) is 0 Å². The van der Waals surface area contributed by atoms with E-state index in [1.54, 1.807) is 18.2 Å². The Morgan fingerprint density at radius 1 is 1.40 bits per heavy atom. The van der Waals surface area contributed by atoms with Crippen molar-refractivity contribution in [3.63, 3.8) is 0 Å². The number of hydrogen-bond donors (Lipinski definition) is 2. The van der Waals surface area contributed by atoms with Gasteiger partial charge in [0.15, 0.2) is 0 Å². The first kappa shape index (κ1) is 17.4. The third-order valence-electron chi connectivity index (χ3n) is 3.32. The molecule has 0 radical (unpaired) electrons. The summed E-state index contributed by atoms with van der Waals surface area (Å²) in [6, 6.07) is 7.47. The van der Waals surface area contributed by atoms with Crippen LogP contribution in [-0.4, -0.2) is 60.3 Å². The summed E-state index contributed by atoms with van der Waals surface area (Å²) in [6.07, 6.45) is 3.25. The van der Waals surface area contributed by atoms with Crippen molar-refractivity contribution in [1.82, 2.24) is 4.90 Å². The summed E-state index contributed by atoms with van der Waals surface area (Å²) in [5.41, 5.74) is 0.449. The smallest absolute Gasteiger partial charge is 0.488 e. The number of nitrogens with zero attached hydrogens (tertiary/aromatic N) is 1. The molecule has 1 rings (SSSR count). The molecule has 0 fully saturated rings. The number of likely N-dealkylation sites (N-methyl/N-ethyl adjacent to an activating group) is 1. The second kappa shape index (κ2) is 9.29. The largest absolute Gasteiger partial charge is 0.492 e. The Morgan fingerprint density at radius 3 is 2.75 bits per heavy atom. The van der Waals surface area contributed by atoms with Crippen LogP contribution in [0.3, 0.4) is 0 Å². The molecule has 0 heterocycles. The maximum absolute atomic E-state index is 9.11. The van der Waals surface area contributed by atoms with Gasteiger partial charge in [0, 0.05) is 18.3 Å². The van der Waals surface area contributed by atoms with Crippen molar-refractivity contribution in [2.24, 2.45) is 0 Å². The van der Waals surface area contributed by atoms with Crippen LogP contribution in [0.15, 0.2) is 24.3 Å². The Labute approximate surface area is 126 Å². The quantitative estimate of drug-likeness (QED) is 0.661. The molecule has 0 aliphatic carbocycles. The molecule has 0 aliphatic rings. The molecule has 0 bridgehead atoms. The minimum Gasteiger partial charge on any atom is -0.492 e. The SMILES string of the molecule is CCC(CSC)N(C)CCOc1cccc(B(O)O)c1. The zero-order valence-electron chi connectivity index (χ0n) is 12.5. The lowest BCUT2D eigenvalue weighted by Gasteiger charge is -2.26. The third-order valence-corrected chi connectivity index (χ3v) is 4.04. The maximum atomic E-state index is 9.11. The maximum Gasteiger partial charge on any atom is 0.488 e. The summed E-state index contributed by atoms with van der Waals surface area (Å²) < 4.78 is 5.67. The van der Waals surface area contributed by atoms with E-state index in [4.69, 9.17) is 14.8 Å². The number of benzene rings is 1. The Kier molecular flexibility index (Phi) is 8.06. The van der Waals surface area contributed by atoms with Crippen LogP contribution in [-0.2, 0) is 0 Å². The Morgan fingerprint density at radius 2 is 2.15 bits per heavy atom. The summed E-state index contributed by atoms with van der Waals surface area (Å²) in [7, 11) is 0.661. The van der Waals surface area contributed by atoms with E-state index in [0.29, 0.717) is 23.9 Å². The molecular weight excluding hydrogens is 273 g/mol. The fourth-order valence-electron chi connectivity index (χ4n) is 2.00. The van der Waals surface area contributed by atoms with Crippen molar-refractivity contribution >= 4 is 24.3 Å². The number of hydrogen-bond acceptors (Lipinski definition) is 5. The molecule has 6 heteroatoms. The molecular formula is C14H24BNO3S. The zero-order valence-corrected chi connectivity index (χ0v) is 13.3. The number of rotatable bonds is 9. The summed E-state index contributed by atoms with van der Waals surface area (Å²) in [6.45, 7) is 3.64. The number of thioether (sulfide) groups is 1. The van der Waals surface area contributed by atoms with E-state index in [0.717, 1.165) is 18.7 Å². The lowest BCUT2D eigenvalue weighted by atomic mass is 9.80. The summed E-state index contributed by atoms with van der Waals surface area (Å²) >= 11 is 1.86. The van der Waals surface area contributed by atoms with Crippen molar-refractivity contribution in [2.45, 2.75) is 19.4 Å². The fourth-order valence-corrected chi connectivity index (χ4v) is 2.88. The Bertz CT molecular complexity index is 392. The van der Waals surface area contributed by atoms with Crippen LogP contribution in [0.2, 0.25) is 0 Å². The molecule has 0 saturated carbocycles. The highest BCUT2D eigenvalue weighted by Crippen LogP contribution is 2.10. The van der Waals surface area contributed by atoms with Crippen LogP contribution < -0.4 is 10.2 Å². The Hall–Kier alpha value is -0.685. The lowest BCUT2D eigenvalue weighted by molar-refractivity contribution is 0.199.